The van der Waals surface area contributed by atoms with Crippen LogP contribution in [0.4, 0.5) is 0 Å². The van der Waals surface area contributed by atoms with Gasteiger partial charge in [-0.05, 0) is 50.1 Å². The summed E-state index contributed by atoms with van der Waals surface area (Å²) >= 11 is 0. The largest absolute Gasteiger partial charge is 0.313 e. The van der Waals surface area contributed by atoms with Gasteiger partial charge in [0.25, 0.3) is 0 Å². The van der Waals surface area contributed by atoms with Gasteiger partial charge in [0.2, 0.25) is 0 Å². The molecule has 0 aromatic rings. The monoisotopic (exact) mass is 224 g/mol. The minimum Gasteiger partial charge on any atom is -0.313 e. The summed E-state index contributed by atoms with van der Waals surface area (Å²) in [5.41, 5.74) is 6.98. The van der Waals surface area contributed by atoms with Crippen LogP contribution in [0.1, 0.15) is 52.9 Å². The Balaban J connectivity index is 2.34. The van der Waals surface area contributed by atoms with Crippen LogP contribution in [-0.4, -0.2) is 24.2 Å². The van der Waals surface area contributed by atoms with E-state index in [2.05, 4.69) is 32.7 Å². The molecular weight excluding hydrogens is 196 g/mol. The zero-order valence-corrected chi connectivity index (χ0v) is 11.4. The summed E-state index contributed by atoms with van der Waals surface area (Å²) in [7, 11) is 2.21. The SMILES string of the molecule is C[C@@H]1CCC[C@@H]2CCN(C)C(N)(C1)C2(C)C. The van der Waals surface area contributed by atoms with E-state index in [0.29, 0.717) is 0 Å². The van der Waals surface area contributed by atoms with Gasteiger partial charge in [-0.15, -0.1) is 0 Å². The third-order valence-corrected chi connectivity index (χ3v) is 5.54. The van der Waals surface area contributed by atoms with E-state index in [1.165, 1.54) is 32.2 Å². The van der Waals surface area contributed by atoms with Gasteiger partial charge in [0, 0.05) is 0 Å². The van der Waals surface area contributed by atoms with Gasteiger partial charge in [0.05, 0.1) is 5.66 Å². The normalized spacial score (nSPS) is 44.8. The molecule has 3 atom stereocenters. The Bertz CT molecular complexity index is 261. The average Bonchev–Trinajstić information content (AvgIpc) is 2.18. The fourth-order valence-corrected chi connectivity index (χ4v) is 4.03. The van der Waals surface area contributed by atoms with Gasteiger partial charge in [0.1, 0.15) is 0 Å². The van der Waals surface area contributed by atoms with E-state index in [-0.39, 0.29) is 11.1 Å². The van der Waals surface area contributed by atoms with Gasteiger partial charge >= 0.3 is 0 Å². The molecule has 16 heavy (non-hydrogen) atoms. The molecule has 2 bridgehead atoms. The van der Waals surface area contributed by atoms with Crippen molar-refractivity contribution in [3.8, 4) is 0 Å². The predicted molar refractivity (Wildman–Crippen MR) is 69.1 cm³/mol. The standard InChI is InChI=1S/C14H28N2/c1-11-6-5-7-12-8-9-16(4)14(15,10-11)13(12,2)3/h11-12H,5-10,15H2,1-4H3/t11-,12-,14?/m1/s1. The van der Waals surface area contributed by atoms with E-state index in [4.69, 9.17) is 5.73 Å². The molecule has 1 heterocycles. The van der Waals surface area contributed by atoms with Crippen LogP contribution in [0.15, 0.2) is 0 Å². The zero-order chi connectivity index (χ0) is 12.0. The topological polar surface area (TPSA) is 29.3 Å². The Labute approximate surface area is 101 Å². The van der Waals surface area contributed by atoms with Crippen molar-refractivity contribution in [3.05, 3.63) is 0 Å². The first kappa shape index (κ1) is 12.4. The molecule has 94 valence electrons. The molecule has 2 nitrogen and oxygen atoms in total. The van der Waals surface area contributed by atoms with Gasteiger partial charge < -0.3 is 5.73 Å². The number of rotatable bonds is 0. The van der Waals surface area contributed by atoms with E-state index in [0.717, 1.165) is 18.3 Å². The number of piperidine rings is 1. The maximum atomic E-state index is 6.81. The lowest BCUT2D eigenvalue weighted by molar-refractivity contribution is -0.0998. The fourth-order valence-electron chi connectivity index (χ4n) is 4.03. The van der Waals surface area contributed by atoms with Crippen LogP contribution in [0.25, 0.3) is 0 Å². The van der Waals surface area contributed by atoms with Crippen molar-refractivity contribution < 1.29 is 0 Å². The fraction of sp³-hybridized carbons (Fsp3) is 1.00. The molecule has 1 aliphatic heterocycles. The maximum Gasteiger partial charge on any atom is 0.0742 e. The summed E-state index contributed by atoms with van der Waals surface area (Å²) in [6.07, 6.45) is 6.63. The Morgan fingerprint density at radius 1 is 1.19 bits per heavy atom. The lowest BCUT2D eigenvalue weighted by Crippen LogP contribution is -2.69. The first-order valence-electron chi connectivity index (χ1n) is 6.88. The predicted octanol–water partition coefficient (Wildman–Crippen LogP) is 2.83. The molecule has 0 aromatic carbocycles. The van der Waals surface area contributed by atoms with Crippen LogP contribution >= 0.6 is 0 Å². The Morgan fingerprint density at radius 2 is 1.88 bits per heavy atom. The summed E-state index contributed by atoms with van der Waals surface area (Å²) in [5, 5.41) is 0. The van der Waals surface area contributed by atoms with Gasteiger partial charge in [-0.2, -0.15) is 0 Å². The highest BCUT2D eigenvalue weighted by molar-refractivity contribution is 5.04. The molecule has 2 fully saturated rings. The molecule has 1 saturated carbocycles. The third kappa shape index (κ3) is 1.70. The quantitative estimate of drug-likeness (QED) is 0.685. The minimum atomic E-state index is -0.0875. The molecule has 1 unspecified atom stereocenters. The number of likely N-dealkylation sites (tertiary alicyclic amines) is 1. The Morgan fingerprint density at radius 3 is 2.56 bits per heavy atom. The highest BCUT2D eigenvalue weighted by atomic mass is 15.3. The molecule has 2 N–H and O–H groups in total. The van der Waals surface area contributed by atoms with Crippen LogP contribution in [0.3, 0.4) is 0 Å². The van der Waals surface area contributed by atoms with Gasteiger partial charge in [-0.25, -0.2) is 0 Å². The minimum absolute atomic E-state index is 0.0875. The summed E-state index contributed by atoms with van der Waals surface area (Å²) in [4.78, 5) is 2.42. The molecule has 1 saturated heterocycles. The van der Waals surface area contributed by atoms with Crippen molar-refractivity contribution in [2.45, 2.75) is 58.5 Å². The number of nitrogens with zero attached hydrogens (tertiary/aromatic N) is 1. The summed E-state index contributed by atoms with van der Waals surface area (Å²) in [5.74, 6) is 1.59. The molecule has 0 spiro atoms. The van der Waals surface area contributed by atoms with Gasteiger partial charge in [-0.3, -0.25) is 4.90 Å². The lowest BCUT2D eigenvalue weighted by Gasteiger charge is -2.59. The summed E-state index contributed by atoms with van der Waals surface area (Å²) in [6.45, 7) is 8.33. The highest BCUT2D eigenvalue weighted by Crippen LogP contribution is 2.50. The molecule has 2 rings (SSSR count). The van der Waals surface area contributed by atoms with E-state index in [9.17, 15) is 0 Å². The molecule has 1 aliphatic carbocycles. The molecule has 0 aromatic heterocycles. The van der Waals surface area contributed by atoms with E-state index in [1.807, 2.05) is 0 Å². The highest BCUT2D eigenvalue weighted by Gasteiger charge is 2.52. The molecular formula is C14H28N2. The number of fused-ring (bicyclic) bond motifs is 2. The second kappa shape index (κ2) is 3.99. The molecule has 0 amide bonds. The van der Waals surface area contributed by atoms with E-state index >= 15 is 0 Å². The molecule has 2 heteroatoms. The second-order valence-electron chi connectivity index (χ2n) is 6.79. The first-order valence-corrected chi connectivity index (χ1v) is 6.88. The van der Waals surface area contributed by atoms with Crippen molar-refractivity contribution in [3.63, 3.8) is 0 Å². The second-order valence-corrected chi connectivity index (χ2v) is 6.79. The Kier molecular flexibility index (Phi) is 3.09. The van der Waals surface area contributed by atoms with Crippen molar-refractivity contribution in [1.29, 1.82) is 0 Å². The summed E-state index contributed by atoms with van der Waals surface area (Å²) in [6, 6.07) is 0. The van der Waals surface area contributed by atoms with Crippen LogP contribution in [-0.2, 0) is 0 Å². The van der Waals surface area contributed by atoms with E-state index < -0.39 is 0 Å². The number of hydrogen-bond acceptors (Lipinski definition) is 2. The summed E-state index contributed by atoms with van der Waals surface area (Å²) < 4.78 is 0. The smallest absolute Gasteiger partial charge is 0.0742 e. The average molecular weight is 224 g/mol. The van der Waals surface area contributed by atoms with Crippen molar-refractivity contribution in [1.82, 2.24) is 4.90 Å². The zero-order valence-electron chi connectivity index (χ0n) is 11.4. The third-order valence-electron chi connectivity index (χ3n) is 5.54. The molecule has 0 radical (unpaired) electrons. The molecule has 2 aliphatic rings. The number of hydrogen-bond donors (Lipinski definition) is 1. The first-order chi connectivity index (χ1) is 7.38. The van der Waals surface area contributed by atoms with Crippen molar-refractivity contribution >= 4 is 0 Å². The van der Waals surface area contributed by atoms with E-state index in [1.54, 1.807) is 0 Å². The van der Waals surface area contributed by atoms with Crippen molar-refractivity contribution in [2.24, 2.45) is 23.0 Å². The number of nitrogens with two attached hydrogens (primary N) is 1. The maximum absolute atomic E-state index is 6.81. The van der Waals surface area contributed by atoms with Crippen LogP contribution in [0, 0.1) is 17.3 Å². The van der Waals surface area contributed by atoms with Gasteiger partial charge in [-0.1, -0.05) is 33.6 Å². The van der Waals surface area contributed by atoms with Crippen LogP contribution < -0.4 is 5.73 Å². The van der Waals surface area contributed by atoms with Crippen molar-refractivity contribution in [2.75, 3.05) is 13.6 Å². The lowest BCUT2D eigenvalue weighted by atomic mass is 9.59. The van der Waals surface area contributed by atoms with Crippen LogP contribution in [0.5, 0.6) is 0 Å². The van der Waals surface area contributed by atoms with Crippen LogP contribution in [0.2, 0.25) is 0 Å². The Hall–Kier alpha value is -0.0800. The van der Waals surface area contributed by atoms with Gasteiger partial charge in [0.15, 0.2) is 0 Å².